The first kappa shape index (κ1) is 21.7. The second-order valence-electron chi connectivity index (χ2n) is 7.80. The fourth-order valence-electron chi connectivity index (χ4n) is 4.35. The summed E-state index contributed by atoms with van der Waals surface area (Å²) >= 11 is 3.38. The SMILES string of the molecule is CC[NH+](CC)CCCN1C(=O)c2oc3ccc(Br)cc3c(=O)c2C1c1ccccc1F. The van der Waals surface area contributed by atoms with E-state index in [0.29, 0.717) is 23.1 Å². The number of benzene rings is 2. The largest absolute Gasteiger partial charge is 0.450 e. The predicted octanol–water partition coefficient (Wildman–Crippen LogP) is 3.55. The van der Waals surface area contributed by atoms with Gasteiger partial charge in [0.2, 0.25) is 5.76 Å². The summed E-state index contributed by atoms with van der Waals surface area (Å²) in [6, 6.07) is 10.6. The molecule has 1 amide bonds. The summed E-state index contributed by atoms with van der Waals surface area (Å²) in [4.78, 5) is 29.8. The van der Waals surface area contributed by atoms with Crippen molar-refractivity contribution in [1.82, 2.24) is 4.90 Å². The van der Waals surface area contributed by atoms with Gasteiger partial charge in [0.05, 0.1) is 36.6 Å². The Labute approximate surface area is 188 Å². The molecule has 0 aliphatic carbocycles. The number of rotatable bonds is 7. The van der Waals surface area contributed by atoms with Crippen molar-refractivity contribution in [3.05, 3.63) is 79.9 Å². The first-order chi connectivity index (χ1) is 15.0. The Bertz CT molecular complexity index is 1190. The van der Waals surface area contributed by atoms with Crippen LogP contribution in [-0.4, -0.2) is 37.0 Å². The van der Waals surface area contributed by atoms with Crippen LogP contribution in [0.15, 0.2) is 56.1 Å². The molecule has 0 saturated carbocycles. The van der Waals surface area contributed by atoms with Crippen LogP contribution in [0.4, 0.5) is 4.39 Å². The Morgan fingerprint density at radius 1 is 1.13 bits per heavy atom. The number of quaternary nitrogens is 1. The van der Waals surface area contributed by atoms with Gasteiger partial charge in [-0.1, -0.05) is 34.1 Å². The number of carbonyl (C=O) groups excluding carboxylic acids is 1. The number of halogens is 2. The molecule has 4 rings (SSSR count). The van der Waals surface area contributed by atoms with Crippen molar-refractivity contribution in [2.24, 2.45) is 0 Å². The van der Waals surface area contributed by atoms with Crippen LogP contribution in [0.2, 0.25) is 0 Å². The van der Waals surface area contributed by atoms with Crippen LogP contribution in [0.3, 0.4) is 0 Å². The Kier molecular flexibility index (Phi) is 6.25. The van der Waals surface area contributed by atoms with Gasteiger partial charge in [-0.25, -0.2) is 4.39 Å². The van der Waals surface area contributed by atoms with E-state index in [9.17, 15) is 14.0 Å². The monoisotopic (exact) mass is 487 g/mol. The van der Waals surface area contributed by atoms with Crippen molar-refractivity contribution in [2.45, 2.75) is 26.3 Å². The van der Waals surface area contributed by atoms with E-state index < -0.39 is 11.9 Å². The van der Waals surface area contributed by atoms with Gasteiger partial charge in [0, 0.05) is 23.0 Å². The number of carbonyl (C=O) groups is 1. The van der Waals surface area contributed by atoms with Crippen molar-refractivity contribution in [1.29, 1.82) is 0 Å². The Balaban J connectivity index is 1.82. The highest BCUT2D eigenvalue weighted by atomic mass is 79.9. The van der Waals surface area contributed by atoms with Gasteiger partial charge >= 0.3 is 0 Å². The molecule has 31 heavy (non-hydrogen) atoms. The van der Waals surface area contributed by atoms with Crippen LogP contribution in [0.5, 0.6) is 0 Å². The average Bonchev–Trinajstić information content (AvgIpc) is 3.04. The summed E-state index contributed by atoms with van der Waals surface area (Å²) in [5.74, 6) is -0.788. The fraction of sp³-hybridized carbons (Fsp3) is 0.333. The van der Waals surface area contributed by atoms with Crippen LogP contribution in [-0.2, 0) is 0 Å². The Morgan fingerprint density at radius 3 is 2.58 bits per heavy atom. The molecule has 0 fully saturated rings. The van der Waals surface area contributed by atoms with Crippen LogP contribution in [0, 0.1) is 5.82 Å². The van der Waals surface area contributed by atoms with Gasteiger partial charge < -0.3 is 14.2 Å². The van der Waals surface area contributed by atoms with Gasteiger partial charge in [-0.3, -0.25) is 9.59 Å². The Morgan fingerprint density at radius 2 is 1.87 bits per heavy atom. The summed E-state index contributed by atoms with van der Waals surface area (Å²) in [7, 11) is 0. The van der Waals surface area contributed by atoms with E-state index in [1.54, 1.807) is 41.3 Å². The average molecular weight is 488 g/mol. The van der Waals surface area contributed by atoms with Gasteiger partial charge in [0.1, 0.15) is 11.4 Å². The number of nitrogens with zero attached hydrogens (tertiary/aromatic N) is 1. The molecular formula is C24H25BrFN2O3+. The second kappa shape index (κ2) is 8.93. The van der Waals surface area contributed by atoms with Crippen molar-refractivity contribution in [3.8, 4) is 0 Å². The first-order valence-corrected chi connectivity index (χ1v) is 11.4. The molecule has 7 heteroatoms. The number of nitrogens with one attached hydrogen (secondary N) is 1. The minimum atomic E-state index is -0.796. The van der Waals surface area contributed by atoms with E-state index in [1.807, 2.05) is 0 Å². The van der Waals surface area contributed by atoms with E-state index in [2.05, 4.69) is 29.8 Å². The van der Waals surface area contributed by atoms with Crippen molar-refractivity contribution in [3.63, 3.8) is 0 Å². The molecule has 1 N–H and O–H groups in total. The highest BCUT2D eigenvalue weighted by molar-refractivity contribution is 9.10. The molecule has 1 aromatic heterocycles. The normalized spacial score (nSPS) is 15.8. The van der Waals surface area contributed by atoms with Crippen molar-refractivity contribution in [2.75, 3.05) is 26.2 Å². The molecule has 0 spiro atoms. The van der Waals surface area contributed by atoms with Crippen molar-refractivity contribution >= 4 is 32.8 Å². The molecule has 0 saturated heterocycles. The van der Waals surface area contributed by atoms with E-state index in [4.69, 9.17) is 4.42 Å². The zero-order chi connectivity index (χ0) is 22.1. The van der Waals surface area contributed by atoms with E-state index in [-0.39, 0.29) is 22.7 Å². The van der Waals surface area contributed by atoms with E-state index >= 15 is 0 Å². The molecule has 0 bridgehead atoms. The third-order valence-corrected chi connectivity index (χ3v) is 6.55. The number of hydrogen-bond donors (Lipinski definition) is 1. The first-order valence-electron chi connectivity index (χ1n) is 10.6. The van der Waals surface area contributed by atoms with Crippen LogP contribution < -0.4 is 10.3 Å². The topological polar surface area (TPSA) is 55.0 Å². The maximum absolute atomic E-state index is 14.8. The van der Waals surface area contributed by atoms with E-state index in [1.165, 1.54) is 11.0 Å². The summed E-state index contributed by atoms with van der Waals surface area (Å²) < 4.78 is 21.5. The number of fused-ring (bicyclic) bond motifs is 2. The second-order valence-corrected chi connectivity index (χ2v) is 8.71. The number of amides is 1. The fourth-order valence-corrected chi connectivity index (χ4v) is 4.71. The third-order valence-electron chi connectivity index (χ3n) is 6.06. The van der Waals surface area contributed by atoms with Crippen molar-refractivity contribution < 1.29 is 18.5 Å². The number of hydrogen-bond acceptors (Lipinski definition) is 3. The highest BCUT2D eigenvalue weighted by Crippen LogP contribution is 2.39. The molecular weight excluding hydrogens is 463 g/mol. The maximum atomic E-state index is 14.8. The molecule has 162 valence electrons. The smallest absolute Gasteiger partial charge is 0.290 e. The summed E-state index contributed by atoms with van der Waals surface area (Å²) in [5, 5.41) is 0.372. The van der Waals surface area contributed by atoms with Gasteiger partial charge in [0.25, 0.3) is 5.91 Å². The quantitative estimate of drug-likeness (QED) is 0.554. The summed E-state index contributed by atoms with van der Waals surface area (Å²) in [5.41, 5.74) is 0.584. The van der Waals surface area contributed by atoms with Gasteiger partial charge in [-0.2, -0.15) is 0 Å². The van der Waals surface area contributed by atoms with Gasteiger partial charge in [-0.15, -0.1) is 0 Å². The van der Waals surface area contributed by atoms with Crippen LogP contribution in [0.25, 0.3) is 11.0 Å². The molecule has 1 aliphatic rings. The third kappa shape index (κ3) is 3.92. The zero-order valence-electron chi connectivity index (χ0n) is 17.6. The molecule has 3 aromatic rings. The molecule has 1 atom stereocenters. The lowest BCUT2D eigenvalue weighted by Gasteiger charge is -2.26. The predicted molar refractivity (Wildman–Crippen MR) is 121 cm³/mol. The highest BCUT2D eigenvalue weighted by Gasteiger charge is 2.43. The lowest BCUT2D eigenvalue weighted by Crippen LogP contribution is -3.11. The van der Waals surface area contributed by atoms with E-state index in [0.717, 1.165) is 30.5 Å². The molecule has 1 aliphatic heterocycles. The summed E-state index contributed by atoms with van der Waals surface area (Å²) in [6.45, 7) is 7.58. The molecule has 2 aromatic carbocycles. The van der Waals surface area contributed by atoms with Crippen LogP contribution in [0.1, 0.15) is 48.0 Å². The lowest BCUT2D eigenvalue weighted by atomic mass is 9.98. The van der Waals surface area contributed by atoms with Crippen LogP contribution >= 0.6 is 15.9 Å². The molecule has 0 radical (unpaired) electrons. The molecule has 2 heterocycles. The standard InChI is InChI=1S/C24H24BrFN2O3/c1-3-27(4-2)12-7-13-28-21(16-8-5-6-9-18(16)26)20-22(29)17-14-15(25)10-11-19(17)31-23(20)24(28)30/h5-6,8-11,14,21H,3-4,7,12-13H2,1-2H3/p+1. The molecule has 5 nitrogen and oxygen atoms in total. The maximum Gasteiger partial charge on any atom is 0.290 e. The molecule has 1 unspecified atom stereocenters. The summed E-state index contributed by atoms with van der Waals surface area (Å²) in [6.07, 6.45) is 0.751. The zero-order valence-corrected chi connectivity index (χ0v) is 19.2. The van der Waals surface area contributed by atoms with Gasteiger partial charge in [0.15, 0.2) is 5.43 Å². The van der Waals surface area contributed by atoms with Gasteiger partial charge in [-0.05, 0) is 38.1 Å². The minimum Gasteiger partial charge on any atom is -0.450 e. The lowest BCUT2D eigenvalue weighted by molar-refractivity contribution is -0.896. The minimum absolute atomic E-state index is 0.0169. The Hall–Kier alpha value is -2.51.